The Kier molecular flexibility index (Phi) is 6.97. The maximum atomic E-state index is 15.2. The summed E-state index contributed by atoms with van der Waals surface area (Å²) in [5, 5.41) is 6.02. The summed E-state index contributed by atoms with van der Waals surface area (Å²) < 4.78 is 35.3. The molecule has 210 valence electrons. The highest BCUT2D eigenvalue weighted by Crippen LogP contribution is 2.43. The lowest BCUT2D eigenvalue weighted by molar-refractivity contribution is 0.0595. The third-order valence-electron chi connectivity index (χ3n) is 7.27. The minimum Gasteiger partial charge on any atom is -0.465 e. The molecule has 0 spiro atoms. The lowest BCUT2D eigenvalue weighted by Gasteiger charge is -2.22. The summed E-state index contributed by atoms with van der Waals surface area (Å²) in [7, 11) is 1.20. The average Bonchev–Trinajstić information content (AvgIpc) is 3.35. The molecule has 0 unspecified atom stereocenters. The Hall–Kier alpha value is -4.46. The van der Waals surface area contributed by atoms with Gasteiger partial charge in [0.25, 0.3) is 5.91 Å². The summed E-state index contributed by atoms with van der Waals surface area (Å²) in [6.07, 6.45) is 1.67. The zero-order valence-electron chi connectivity index (χ0n) is 24.1. The van der Waals surface area contributed by atoms with Crippen molar-refractivity contribution in [1.29, 1.82) is 0 Å². The van der Waals surface area contributed by atoms with Crippen LogP contribution in [0.1, 0.15) is 66.8 Å². The number of rotatable bonds is 4. The topological polar surface area (TPSA) is 74.1 Å². The molecule has 0 amide bonds. The van der Waals surface area contributed by atoms with Gasteiger partial charge in [-0.2, -0.15) is 9.78 Å². The first-order valence-corrected chi connectivity index (χ1v) is 13.4. The Bertz CT molecular complexity index is 1850. The van der Waals surface area contributed by atoms with E-state index in [2.05, 4.69) is 5.10 Å². The number of ether oxygens (including phenoxy) is 1. The van der Waals surface area contributed by atoms with Crippen LogP contribution >= 0.6 is 0 Å². The van der Waals surface area contributed by atoms with Crippen LogP contribution in [0.2, 0.25) is 0 Å². The molecule has 0 radical (unpaired) electrons. The minimum absolute atomic E-state index is 0.0634. The van der Waals surface area contributed by atoms with E-state index in [1.807, 2.05) is 47.6 Å². The molecule has 8 heteroatoms. The fourth-order valence-electron chi connectivity index (χ4n) is 5.27. The molecular formula is C33H31F2N3O3. The SMILES string of the molecule is COC(=O)c1ccc(-c2nc3c(C)c4c(cnn4C(=O)C(C)(C)C)cc3c(-c3ccc(F)cc3)c2C(C)C)cc1F. The van der Waals surface area contributed by atoms with Crippen molar-refractivity contribution in [2.45, 2.75) is 47.5 Å². The van der Waals surface area contributed by atoms with E-state index in [9.17, 15) is 14.0 Å². The van der Waals surface area contributed by atoms with Crippen molar-refractivity contribution in [2.24, 2.45) is 5.41 Å². The molecule has 0 aliphatic carbocycles. The average molecular weight is 556 g/mol. The van der Waals surface area contributed by atoms with E-state index in [1.165, 1.54) is 36.1 Å². The van der Waals surface area contributed by atoms with Gasteiger partial charge in [0.1, 0.15) is 11.6 Å². The van der Waals surface area contributed by atoms with E-state index >= 15 is 4.39 Å². The second-order valence-corrected chi connectivity index (χ2v) is 11.5. The summed E-state index contributed by atoms with van der Waals surface area (Å²) in [6.45, 7) is 11.4. The lowest BCUT2D eigenvalue weighted by Crippen LogP contribution is -2.27. The molecule has 0 N–H and O–H groups in total. The maximum absolute atomic E-state index is 15.2. The molecule has 6 nitrogen and oxygen atoms in total. The van der Waals surface area contributed by atoms with Crippen LogP contribution in [0, 0.1) is 24.0 Å². The Morgan fingerprint density at radius 3 is 2.22 bits per heavy atom. The number of esters is 1. The summed E-state index contributed by atoms with van der Waals surface area (Å²) in [5.74, 6) is -2.08. The summed E-state index contributed by atoms with van der Waals surface area (Å²) in [6, 6.07) is 12.5. The van der Waals surface area contributed by atoms with Crippen molar-refractivity contribution in [2.75, 3.05) is 7.11 Å². The van der Waals surface area contributed by atoms with Gasteiger partial charge in [0.2, 0.25) is 0 Å². The van der Waals surface area contributed by atoms with Crippen LogP contribution < -0.4 is 0 Å². The van der Waals surface area contributed by atoms with Crippen molar-refractivity contribution in [3.05, 3.63) is 83.1 Å². The number of aromatic nitrogens is 3. The molecule has 2 heterocycles. The van der Waals surface area contributed by atoms with Crippen molar-refractivity contribution in [3.63, 3.8) is 0 Å². The van der Waals surface area contributed by atoms with Crippen LogP contribution in [0.5, 0.6) is 0 Å². The summed E-state index contributed by atoms with van der Waals surface area (Å²) >= 11 is 0. The van der Waals surface area contributed by atoms with Crippen LogP contribution in [0.4, 0.5) is 8.78 Å². The molecule has 0 atom stereocenters. The highest BCUT2D eigenvalue weighted by atomic mass is 19.1. The van der Waals surface area contributed by atoms with Gasteiger partial charge in [0.05, 0.1) is 35.6 Å². The second kappa shape index (κ2) is 10.2. The Morgan fingerprint density at radius 2 is 1.63 bits per heavy atom. The predicted octanol–water partition coefficient (Wildman–Crippen LogP) is 8.10. The highest BCUT2D eigenvalue weighted by Gasteiger charge is 2.28. The van der Waals surface area contributed by atoms with Crippen molar-refractivity contribution < 1.29 is 23.1 Å². The fraction of sp³-hybridized carbons (Fsp3) is 0.273. The van der Waals surface area contributed by atoms with Crippen LogP contribution in [0.3, 0.4) is 0 Å². The quantitative estimate of drug-likeness (QED) is 0.210. The summed E-state index contributed by atoms with van der Waals surface area (Å²) in [5.41, 5.74) is 4.58. The van der Waals surface area contributed by atoms with Gasteiger partial charge >= 0.3 is 5.97 Å². The van der Waals surface area contributed by atoms with E-state index in [4.69, 9.17) is 9.72 Å². The molecule has 5 rings (SSSR count). The van der Waals surface area contributed by atoms with Gasteiger partial charge in [0, 0.05) is 27.3 Å². The van der Waals surface area contributed by atoms with Gasteiger partial charge in [-0.25, -0.2) is 18.6 Å². The molecular weight excluding hydrogens is 524 g/mol. The monoisotopic (exact) mass is 555 g/mol. The molecule has 5 aromatic rings. The van der Waals surface area contributed by atoms with Gasteiger partial charge in [-0.15, -0.1) is 0 Å². The van der Waals surface area contributed by atoms with Gasteiger partial charge in [-0.3, -0.25) is 4.79 Å². The first kappa shape index (κ1) is 28.1. The zero-order valence-corrected chi connectivity index (χ0v) is 24.1. The number of hydrogen-bond donors (Lipinski definition) is 0. The Balaban J connectivity index is 1.93. The third-order valence-corrected chi connectivity index (χ3v) is 7.27. The largest absolute Gasteiger partial charge is 0.465 e. The smallest absolute Gasteiger partial charge is 0.340 e. The second-order valence-electron chi connectivity index (χ2n) is 11.5. The molecule has 0 saturated heterocycles. The highest BCUT2D eigenvalue weighted by molar-refractivity contribution is 6.09. The van der Waals surface area contributed by atoms with E-state index in [0.29, 0.717) is 22.3 Å². The van der Waals surface area contributed by atoms with Gasteiger partial charge < -0.3 is 4.74 Å². The van der Waals surface area contributed by atoms with E-state index in [1.54, 1.807) is 24.4 Å². The lowest BCUT2D eigenvalue weighted by atomic mass is 9.85. The maximum Gasteiger partial charge on any atom is 0.340 e. The Labute approximate surface area is 237 Å². The number of benzene rings is 3. The normalized spacial score (nSPS) is 12.0. The number of nitrogens with zero attached hydrogens (tertiary/aromatic N) is 3. The number of pyridine rings is 1. The van der Waals surface area contributed by atoms with Crippen molar-refractivity contribution in [3.8, 4) is 22.4 Å². The Morgan fingerprint density at radius 1 is 0.976 bits per heavy atom. The molecule has 0 aliphatic rings. The van der Waals surface area contributed by atoms with Crippen LogP contribution in [0.15, 0.2) is 54.7 Å². The van der Waals surface area contributed by atoms with Crippen molar-refractivity contribution in [1.82, 2.24) is 14.8 Å². The fourth-order valence-corrected chi connectivity index (χ4v) is 5.27. The minimum atomic E-state index is -0.772. The molecule has 0 bridgehead atoms. The van der Waals surface area contributed by atoms with Crippen LogP contribution in [0.25, 0.3) is 44.2 Å². The number of aryl methyl sites for hydroxylation is 1. The number of halogens is 2. The number of carbonyl (C=O) groups excluding carboxylic acids is 2. The van der Waals surface area contributed by atoms with Crippen LogP contribution in [-0.2, 0) is 4.74 Å². The number of methoxy groups -OCH3 is 1. The van der Waals surface area contributed by atoms with E-state index < -0.39 is 17.2 Å². The van der Waals surface area contributed by atoms with Crippen molar-refractivity contribution >= 4 is 33.7 Å². The zero-order chi connectivity index (χ0) is 29.8. The molecule has 0 aliphatic heterocycles. The standard InChI is InChI=1S/C33H31F2N3O3/c1-17(2)26-27(19-8-11-22(34)12-9-19)24-14-21-16-36-38(32(40)33(4,5)6)30(21)18(3)28(24)37-29(26)20-10-13-23(25(35)15-20)31(39)41-7/h8-17H,1-7H3. The number of hydrogen-bond acceptors (Lipinski definition) is 5. The van der Waals surface area contributed by atoms with Crippen LogP contribution in [-0.4, -0.2) is 33.8 Å². The van der Waals surface area contributed by atoms with E-state index in [0.717, 1.165) is 33.0 Å². The molecule has 0 saturated carbocycles. The van der Waals surface area contributed by atoms with Gasteiger partial charge in [-0.1, -0.05) is 52.8 Å². The van der Waals surface area contributed by atoms with E-state index in [-0.39, 0.29) is 23.2 Å². The predicted molar refractivity (Wildman–Crippen MR) is 156 cm³/mol. The molecule has 0 fully saturated rings. The number of carbonyl (C=O) groups is 2. The summed E-state index contributed by atoms with van der Waals surface area (Å²) in [4.78, 5) is 30.4. The molecule has 3 aromatic carbocycles. The van der Waals surface area contributed by atoms with Gasteiger partial charge in [-0.05, 0) is 59.9 Å². The molecule has 41 heavy (non-hydrogen) atoms. The van der Waals surface area contributed by atoms with Gasteiger partial charge in [0.15, 0.2) is 0 Å². The number of fused-ring (bicyclic) bond motifs is 2. The first-order valence-electron chi connectivity index (χ1n) is 13.4. The third kappa shape index (κ3) is 4.77. The first-order chi connectivity index (χ1) is 19.3. The molecule has 2 aromatic heterocycles.